The molecule has 0 spiro atoms. The summed E-state index contributed by atoms with van der Waals surface area (Å²) in [6.07, 6.45) is 5.47. The zero-order valence-corrected chi connectivity index (χ0v) is 11.1. The lowest BCUT2D eigenvalue weighted by atomic mass is 10.2. The van der Waals surface area contributed by atoms with Crippen molar-refractivity contribution in [1.82, 2.24) is 29.8 Å². The van der Waals surface area contributed by atoms with Crippen molar-refractivity contribution in [2.24, 2.45) is 7.05 Å². The van der Waals surface area contributed by atoms with Crippen LogP contribution in [0.3, 0.4) is 0 Å². The summed E-state index contributed by atoms with van der Waals surface area (Å²) in [6, 6.07) is 3.86. The minimum atomic E-state index is 0.814. The molecular formula is C13H14N6. The van der Waals surface area contributed by atoms with Crippen molar-refractivity contribution in [3.05, 3.63) is 42.1 Å². The Balaban J connectivity index is 2.05. The number of rotatable bonds is 2. The van der Waals surface area contributed by atoms with Crippen LogP contribution in [0.2, 0.25) is 0 Å². The average molecular weight is 254 g/mol. The number of aromatic nitrogens is 6. The number of nitrogens with zero attached hydrogens (tertiary/aromatic N) is 6. The summed E-state index contributed by atoms with van der Waals surface area (Å²) in [7, 11) is 1.91. The Bertz CT molecular complexity index is 724. The van der Waals surface area contributed by atoms with Crippen molar-refractivity contribution in [2.75, 3.05) is 0 Å². The molecule has 0 bridgehead atoms. The molecule has 0 fully saturated rings. The van der Waals surface area contributed by atoms with Gasteiger partial charge < -0.3 is 0 Å². The summed E-state index contributed by atoms with van der Waals surface area (Å²) in [6.45, 7) is 3.96. The van der Waals surface area contributed by atoms with Crippen LogP contribution < -0.4 is 0 Å². The molecule has 6 nitrogen and oxygen atoms in total. The Labute approximate surface area is 110 Å². The quantitative estimate of drug-likeness (QED) is 0.698. The number of hydrogen-bond acceptors (Lipinski definition) is 4. The van der Waals surface area contributed by atoms with Gasteiger partial charge in [-0.3, -0.25) is 9.67 Å². The topological polar surface area (TPSA) is 61.4 Å². The summed E-state index contributed by atoms with van der Waals surface area (Å²) in [5.41, 5.74) is 4.73. The van der Waals surface area contributed by atoms with E-state index in [1.54, 1.807) is 17.1 Å². The first-order valence-electron chi connectivity index (χ1n) is 6.00. The standard InChI is InChI=1S/C13H14N6/c1-9-13(5-4-6-14-9)19-8-12(16-17-19)11-7-15-18(3)10(11)2/h4-8H,1-3H3. The molecule has 96 valence electrons. The van der Waals surface area contributed by atoms with E-state index in [2.05, 4.69) is 20.4 Å². The predicted molar refractivity (Wildman–Crippen MR) is 70.8 cm³/mol. The average Bonchev–Trinajstić information content (AvgIpc) is 2.99. The lowest BCUT2D eigenvalue weighted by Crippen LogP contribution is -1.98. The SMILES string of the molecule is Cc1ncccc1-n1cc(-c2cnn(C)c2C)nn1. The Morgan fingerprint density at radius 1 is 1.21 bits per heavy atom. The molecule has 0 amide bonds. The third-order valence-electron chi connectivity index (χ3n) is 3.23. The fourth-order valence-electron chi connectivity index (χ4n) is 1.97. The fraction of sp³-hybridized carbons (Fsp3) is 0.231. The van der Waals surface area contributed by atoms with Gasteiger partial charge in [-0.25, -0.2) is 4.68 Å². The molecule has 3 aromatic rings. The first-order valence-corrected chi connectivity index (χ1v) is 6.00. The van der Waals surface area contributed by atoms with Crippen LogP contribution >= 0.6 is 0 Å². The molecule has 0 saturated carbocycles. The molecule has 6 heteroatoms. The van der Waals surface area contributed by atoms with Gasteiger partial charge in [0.25, 0.3) is 0 Å². The summed E-state index contributed by atoms with van der Waals surface area (Å²) < 4.78 is 3.56. The Kier molecular flexibility index (Phi) is 2.63. The summed E-state index contributed by atoms with van der Waals surface area (Å²) >= 11 is 0. The minimum absolute atomic E-state index is 0.814. The zero-order valence-electron chi connectivity index (χ0n) is 11.1. The number of hydrogen-bond donors (Lipinski definition) is 0. The lowest BCUT2D eigenvalue weighted by molar-refractivity contribution is 0.740. The van der Waals surface area contributed by atoms with Gasteiger partial charge in [0.05, 0.1) is 23.8 Å². The van der Waals surface area contributed by atoms with E-state index in [1.165, 1.54) is 0 Å². The molecule has 0 aliphatic rings. The van der Waals surface area contributed by atoms with Crippen molar-refractivity contribution in [3.63, 3.8) is 0 Å². The first kappa shape index (κ1) is 11.6. The maximum absolute atomic E-state index is 4.25. The van der Waals surface area contributed by atoms with Crippen LogP contribution in [0.5, 0.6) is 0 Å². The van der Waals surface area contributed by atoms with Crippen molar-refractivity contribution in [2.45, 2.75) is 13.8 Å². The summed E-state index contributed by atoms with van der Waals surface area (Å²) in [4.78, 5) is 4.25. The smallest absolute Gasteiger partial charge is 0.116 e. The molecule has 0 aliphatic heterocycles. The Morgan fingerprint density at radius 3 is 2.74 bits per heavy atom. The van der Waals surface area contributed by atoms with Gasteiger partial charge in [0.2, 0.25) is 0 Å². The third-order valence-corrected chi connectivity index (χ3v) is 3.23. The van der Waals surface area contributed by atoms with Crippen molar-refractivity contribution >= 4 is 0 Å². The van der Waals surface area contributed by atoms with E-state index in [0.717, 1.165) is 28.3 Å². The molecule has 0 saturated heterocycles. The third kappa shape index (κ3) is 1.91. The fourth-order valence-corrected chi connectivity index (χ4v) is 1.97. The monoisotopic (exact) mass is 254 g/mol. The highest BCUT2D eigenvalue weighted by Crippen LogP contribution is 2.21. The Morgan fingerprint density at radius 2 is 2.05 bits per heavy atom. The van der Waals surface area contributed by atoms with E-state index in [4.69, 9.17) is 0 Å². The predicted octanol–water partition coefficient (Wildman–Crippen LogP) is 1.68. The van der Waals surface area contributed by atoms with Crippen molar-refractivity contribution in [3.8, 4) is 16.9 Å². The maximum atomic E-state index is 4.25. The molecule has 19 heavy (non-hydrogen) atoms. The van der Waals surface area contributed by atoms with Gasteiger partial charge in [-0.15, -0.1) is 5.10 Å². The molecule has 3 aromatic heterocycles. The van der Waals surface area contributed by atoms with Crippen molar-refractivity contribution < 1.29 is 0 Å². The van der Waals surface area contributed by atoms with Gasteiger partial charge in [-0.2, -0.15) is 5.10 Å². The van der Waals surface area contributed by atoms with Crippen LogP contribution in [0.15, 0.2) is 30.7 Å². The Hall–Kier alpha value is -2.50. The largest absolute Gasteiger partial charge is 0.272 e. The van der Waals surface area contributed by atoms with Gasteiger partial charge in [0.15, 0.2) is 0 Å². The normalized spacial score (nSPS) is 10.9. The second-order valence-corrected chi connectivity index (χ2v) is 4.42. The molecule has 0 aliphatic carbocycles. The van der Waals surface area contributed by atoms with E-state index >= 15 is 0 Å². The highest BCUT2D eigenvalue weighted by Gasteiger charge is 2.11. The van der Waals surface area contributed by atoms with Crippen molar-refractivity contribution in [1.29, 1.82) is 0 Å². The van der Waals surface area contributed by atoms with Gasteiger partial charge in [-0.1, -0.05) is 5.21 Å². The van der Waals surface area contributed by atoms with Crippen LogP contribution in [-0.2, 0) is 7.05 Å². The summed E-state index contributed by atoms with van der Waals surface area (Å²) in [5, 5.41) is 12.6. The molecule has 3 rings (SSSR count). The van der Waals surface area contributed by atoms with Crippen LogP contribution in [0.25, 0.3) is 16.9 Å². The first-order chi connectivity index (χ1) is 9.16. The number of pyridine rings is 1. The minimum Gasteiger partial charge on any atom is -0.272 e. The van der Waals surface area contributed by atoms with Gasteiger partial charge >= 0.3 is 0 Å². The highest BCUT2D eigenvalue weighted by molar-refractivity contribution is 5.60. The molecule has 0 radical (unpaired) electrons. The van der Waals surface area contributed by atoms with E-state index < -0.39 is 0 Å². The second kappa shape index (κ2) is 4.31. The molecular weight excluding hydrogens is 240 g/mol. The molecule has 0 aromatic carbocycles. The lowest BCUT2D eigenvalue weighted by Gasteiger charge is -2.02. The number of aryl methyl sites for hydroxylation is 2. The maximum Gasteiger partial charge on any atom is 0.116 e. The van der Waals surface area contributed by atoms with Crippen LogP contribution in [0.1, 0.15) is 11.4 Å². The molecule has 0 N–H and O–H groups in total. The summed E-state index contributed by atoms with van der Waals surface area (Å²) in [5.74, 6) is 0. The van der Waals surface area contributed by atoms with E-state index in [0.29, 0.717) is 0 Å². The second-order valence-electron chi connectivity index (χ2n) is 4.42. The van der Waals surface area contributed by atoms with Crippen LogP contribution in [0, 0.1) is 13.8 Å². The molecule has 3 heterocycles. The van der Waals surface area contributed by atoms with Crippen LogP contribution in [-0.4, -0.2) is 29.8 Å². The molecule has 0 atom stereocenters. The van der Waals surface area contributed by atoms with Crippen LogP contribution in [0.4, 0.5) is 0 Å². The van der Waals surface area contributed by atoms with Gasteiger partial charge in [0, 0.05) is 24.5 Å². The van der Waals surface area contributed by atoms with E-state index in [-0.39, 0.29) is 0 Å². The van der Waals surface area contributed by atoms with Gasteiger partial charge in [-0.05, 0) is 26.0 Å². The zero-order chi connectivity index (χ0) is 13.4. The van der Waals surface area contributed by atoms with Gasteiger partial charge in [0.1, 0.15) is 5.69 Å². The highest BCUT2D eigenvalue weighted by atomic mass is 15.4. The molecule has 0 unspecified atom stereocenters. The van der Waals surface area contributed by atoms with E-state index in [9.17, 15) is 0 Å². The van der Waals surface area contributed by atoms with E-state index in [1.807, 2.05) is 43.9 Å².